The highest BCUT2D eigenvalue weighted by Crippen LogP contribution is 2.32. The molecule has 0 radical (unpaired) electrons. The second-order valence-electron chi connectivity index (χ2n) is 6.14. The monoisotopic (exact) mass is 469 g/mol. The van der Waals surface area contributed by atoms with E-state index in [0.29, 0.717) is 16.5 Å². The van der Waals surface area contributed by atoms with Crippen LogP contribution in [0.5, 0.6) is 0 Å². The van der Waals surface area contributed by atoms with E-state index in [0.717, 1.165) is 20.3 Å². The van der Waals surface area contributed by atoms with Crippen LogP contribution in [0.3, 0.4) is 0 Å². The van der Waals surface area contributed by atoms with Crippen molar-refractivity contribution >= 4 is 65.8 Å². The van der Waals surface area contributed by atoms with Crippen LogP contribution in [0, 0.1) is 6.92 Å². The number of nitrogens with one attached hydrogen (secondary N) is 3. The molecule has 0 bridgehead atoms. The van der Waals surface area contributed by atoms with E-state index >= 15 is 0 Å². The number of nitrogens with zero attached hydrogens (tertiary/aromatic N) is 3. The van der Waals surface area contributed by atoms with E-state index in [9.17, 15) is 4.79 Å². The Morgan fingerprint density at radius 3 is 2.62 bits per heavy atom. The summed E-state index contributed by atoms with van der Waals surface area (Å²) >= 11 is 4.84. The zero-order valence-electron chi connectivity index (χ0n) is 15.2. The quantitative estimate of drug-likeness (QED) is 0.322. The summed E-state index contributed by atoms with van der Waals surface area (Å²) in [5.74, 6) is 0.369. The number of nitrogen functional groups attached to an aromatic ring is 1. The van der Waals surface area contributed by atoms with Gasteiger partial charge in [0.15, 0.2) is 16.8 Å². The molecule has 0 saturated heterocycles. The number of carbonyl (C=O) groups is 1. The molecule has 10 heteroatoms. The standard InChI is InChI=1S/C19H16BrN7OS/c1-10-3-2-4-13-15(10)24-19(29-13)25-16-14(21)17(23-9-22-16)26-27-18(28)11-5-7-12(20)8-6-11/h2-9H,21H2,1H3,(H,27,28)(H2,22,23,24,25,26). The number of rotatable bonds is 5. The molecular weight excluding hydrogens is 454 g/mol. The average molecular weight is 470 g/mol. The third-order valence-corrected chi connectivity index (χ3v) is 5.60. The number of para-hydroxylation sites is 1. The van der Waals surface area contributed by atoms with Crippen molar-refractivity contribution in [2.24, 2.45) is 0 Å². The molecule has 146 valence electrons. The van der Waals surface area contributed by atoms with Gasteiger partial charge in [0, 0.05) is 10.0 Å². The Balaban J connectivity index is 1.50. The Morgan fingerprint density at radius 2 is 1.86 bits per heavy atom. The van der Waals surface area contributed by atoms with E-state index in [4.69, 9.17) is 5.73 Å². The van der Waals surface area contributed by atoms with Crippen LogP contribution in [-0.2, 0) is 0 Å². The van der Waals surface area contributed by atoms with Gasteiger partial charge in [-0.2, -0.15) is 0 Å². The first kappa shape index (κ1) is 19.1. The number of anilines is 4. The maximum Gasteiger partial charge on any atom is 0.269 e. The normalized spacial score (nSPS) is 10.7. The molecule has 0 saturated carbocycles. The Hall–Kier alpha value is -3.24. The van der Waals surface area contributed by atoms with E-state index in [1.54, 1.807) is 24.3 Å². The zero-order valence-corrected chi connectivity index (χ0v) is 17.6. The summed E-state index contributed by atoms with van der Waals surface area (Å²) in [7, 11) is 0. The minimum absolute atomic E-state index is 0.264. The summed E-state index contributed by atoms with van der Waals surface area (Å²) in [6, 6.07) is 13.0. The molecule has 0 aliphatic carbocycles. The molecule has 0 aliphatic heterocycles. The number of hydrogen-bond acceptors (Lipinski definition) is 8. The molecule has 8 nitrogen and oxygen atoms in total. The summed E-state index contributed by atoms with van der Waals surface area (Å²) in [4.78, 5) is 25.1. The number of benzene rings is 2. The number of amides is 1. The van der Waals surface area contributed by atoms with Gasteiger partial charge < -0.3 is 11.1 Å². The van der Waals surface area contributed by atoms with Gasteiger partial charge in [0.25, 0.3) is 5.91 Å². The van der Waals surface area contributed by atoms with Crippen LogP contribution in [0.2, 0.25) is 0 Å². The molecule has 1 amide bonds. The SMILES string of the molecule is Cc1cccc2sc(Nc3ncnc(NNC(=O)c4ccc(Br)cc4)c3N)nc12. The first-order valence-corrected chi connectivity index (χ1v) is 10.2. The molecule has 4 aromatic rings. The summed E-state index contributed by atoms with van der Waals surface area (Å²) < 4.78 is 1.96. The third-order valence-electron chi connectivity index (χ3n) is 4.13. The number of thiazole rings is 1. The maximum absolute atomic E-state index is 12.3. The minimum atomic E-state index is -0.313. The van der Waals surface area contributed by atoms with Crippen LogP contribution in [-0.4, -0.2) is 20.9 Å². The number of fused-ring (bicyclic) bond motifs is 1. The van der Waals surface area contributed by atoms with Crippen molar-refractivity contribution in [1.29, 1.82) is 0 Å². The Morgan fingerprint density at radius 1 is 1.10 bits per heavy atom. The molecule has 4 rings (SSSR count). The van der Waals surface area contributed by atoms with Gasteiger partial charge in [-0.25, -0.2) is 15.0 Å². The molecular formula is C19H16BrN7OS. The van der Waals surface area contributed by atoms with E-state index < -0.39 is 0 Å². The number of halogens is 1. The molecule has 2 heterocycles. The molecule has 0 fully saturated rings. The van der Waals surface area contributed by atoms with E-state index in [1.165, 1.54) is 17.7 Å². The number of hydrazine groups is 1. The van der Waals surface area contributed by atoms with Gasteiger partial charge in [0.2, 0.25) is 0 Å². The van der Waals surface area contributed by atoms with Gasteiger partial charge in [0.05, 0.1) is 10.2 Å². The summed E-state index contributed by atoms with van der Waals surface area (Å²) in [6.45, 7) is 2.01. The summed E-state index contributed by atoms with van der Waals surface area (Å²) in [5, 5.41) is 3.80. The molecule has 2 aromatic carbocycles. The van der Waals surface area contributed by atoms with Crippen molar-refractivity contribution in [3.63, 3.8) is 0 Å². The average Bonchev–Trinajstić information content (AvgIpc) is 3.13. The van der Waals surface area contributed by atoms with Crippen LogP contribution in [0.1, 0.15) is 15.9 Å². The van der Waals surface area contributed by atoms with E-state index in [2.05, 4.69) is 47.1 Å². The fourth-order valence-electron chi connectivity index (χ4n) is 2.63. The maximum atomic E-state index is 12.3. The molecule has 2 aromatic heterocycles. The Kier molecular flexibility index (Phi) is 5.28. The minimum Gasteiger partial charge on any atom is -0.393 e. The molecule has 29 heavy (non-hydrogen) atoms. The number of hydrogen-bond donors (Lipinski definition) is 4. The van der Waals surface area contributed by atoms with Crippen LogP contribution < -0.4 is 21.9 Å². The van der Waals surface area contributed by atoms with E-state index in [1.807, 2.05) is 25.1 Å². The number of carbonyl (C=O) groups excluding carboxylic acids is 1. The highest BCUT2D eigenvalue weighted by atomic mass is 79.9. The highest BCUT2D eigenvalue weighted by Gasteiger charge is 2.13. The third kappa shape index (κ3) is 4.13. The lowest BCUT2D eigenvalue weighted by Gasteiger charge is -2.12. The second kappa shape index (κ2) is 8.02. The van der Waals surface area contributed by atoms with Crippen LogP contribution in [0.4, 0.5) is 22.5 Å². The van der Waals surface area contributed by atoms with Crippen molar-refractivity contribution in [1.82, 2.24) is 20.4 Å². The topological polar surface area (TPSA) is 118 Å². The zero-order chi connectivity index (χ0) is 20.4. The van der Waals surface area contributed by atoms with Gasteiger partial charge in [-0.1, -0.05) is 39.4 Å². The first-order chi connectivity index (χ1) is 14.0. The molecule has 0 aliphatic rings. The number of aryl methyl sites for hydroxylation is 1. The van der Waals surface area contributed by atoms with Crippen molar-refractivity contribution in [2.45, 2.75) is 6.92 Å². The second-order valence-corrected chi connectivity index (χ2v) is 8.08. The van der Waals surface area contributed by atoms with Crippen LogP contribution >= 0.6 is 27.3 Å². The van der Waals surface area contributed by atoms with Gasteiger partial charge in [-0.05, 0) is 42.8 Å². The van der Waals surface area contributed by atoms with Crippen molar-refractivity contribution in [3.05, 3.63) is 64.4 Å². The molecule has 0 unspecified atom stereocenters. The van der Waals surface area contributed by atoms with E-state index in [-0.39, 0.29) is 17.4 Å². The first-order valence-electron chi connectivity index (χ1n) is 8.57. The molecule has 0 atom stereocenters. The molecule has 5 N–H and O–H groups in total. The fourth-order valence-corrected chi connectivity index (χ4v) is 3.83. The summed E-state index contributed by atoms with van der Waals surface area (Å²) in [5.41, 5.74) is 14.3. The van der Waals surface area contributed by atoms with Gasteiger partial charge in [0.1, 0.15) is 12.0 Å². The largest absolute Gasteiger partial charge is 0.393 e. The van der Waals surface area contributed by atoms with Crippen molar-refractivity contribution in [2.75, 3.05) is 16.5 Å². The number of aromatic nitrogens is 3. The van der Waals surface area contributed by atoms with Gasteiger partial charge >= 0.3 is 0 Å². The predicted molar refractivity (Wildman–Crippen MR) is 119 cm³/mol. The predicted octanol–water partition coefficient (Wildman–Crippen LogP) is 4.24. The van der Waals surface area contributed by atoms with Gasteiger partial charge in [-0.3, -0.25) is 15.6 Å². The fraction of sp³-hybridized carbons (Fsp3) is 0.0526. The molecule has 0 spiro atoms. The van der Waals surface area contributed by atoms with Crippen molar-refractivity contribution in [3.8, 4) is 0 Å². The van der Waals surface area contributed by atoms with Gasteiger partial charge in [-0.15, -0.1) is 0 Å². The smallest absolute Gasteiger partial charge is 0.269 e. The lowest BCUT2D eigenvalue weighted by atomic mass is 10.2. The van der Waals surface area contributed by atoms with Crippen molar-refractivity contribution < 1.29 is 4.79 Å². The number of nitrogens with two attached hydrogens (primary N) is 1. The highest BCUT2D eigenvalue weighted by molar-refractivity contribution is 9.10. The summed E-state index contributed by atoms with van der Waals surface area (Å²) in [6.07, 6.45) is 1.35. The van der Waals surface area contributed by atoms with Crippen LogP contribution in [0.15, 0.2) is 53.3 Å². The Labute approximate surface area is 178 Å². The lowest BCUT2D eigenvalue weighted by molar-refractivity contribution is 0.0962. The lowest BCUT2D eigenvalue weighted by Crippen LogP contribution is -2.30. The Bertz CT molecular complexity index is 1190. The van der Waals surface area contributed by atoms with Crippen LogP contribution in [0.25, 0.3) is 10.2 Å².